The molecule has 0 spiro atoms. The summed E-state index contributed by atoms with van der Waals surface area (Å²) in [6.07, 6.45) is 6.28. The van der Waals surface area contributed by atoms with Crippen molar-refractivity contribution in [1.82, 2.24) is 25.1 Å². The smallest absolute Gasteiger partial charge is 0.225 e. The van der Waals surface area contributed by atoms with E-state index in [2.05, 4.69) is 35.5 Å². The third kappa shape index (κ3) is 4.58. The second-order valence-corrected chi connectivity index (χ2v) is 9.75. The summed E-state index contributed by atoms with van der Waals surface area (Å²) in [6.45, 7) is 0.776. The van der Waals surface area contributed by atoms with Crippen LogP contribution in [-0.2, 0) is 17.6 Å². The minimum absolute atomic E-state index is 0.00352. The SMILES string of the molecule is CN(C)C(=O)[C@H]1CCc2c(sc3ncnc(Nc4cc5cn[nH]c5cc4OCCCN=[N+]=[N-])c23)C1. The van der Waals surface area contributed by atoms with Crippen molar-refractivity contribution >= 4 is 49.9 Å². The number of ether oxygens (including phenoxy) is 1. The Kier molecular flexibility index (Phi) is 6.39. The lowest BCUT2D eigenvalue weighted by atomic mass is 9.87. The summed E-state index contributed by atoms with van der Waals surface area (Å²) in [5, 5.41) is 16.1. The van der Waals surface area contributed by atoms with E-state index in [1.54, 1.807) is 28.8 Å². The number of H-pyrrole nitrogens is 1. The van der Waals surface area contributed by atoms with Gasteiger partial charge in [-0.25, -0.2) is 9.97 Å². The van der Waals surface area contributed by atoms with Crippen LogP contribution in [0.1, 0.15) is 23.3 Å². The van der Waals surface area contributed by atoms with Gasteiger partial charge in [0, 0.05) is 47.8 Å². The van der Waals surface area contributed by atoms with Crippen molar-refractivity contribution in [2.45, 2.75) is 25.7 Å². The Morgan fingerprint density at radius 1 is 1.40 bits per heavy atom. The molecule has 0 saturated carbocycles. The fourth-order valence-electron chi connectivity index (χ4n) is 4.46. The molecule has 12 heteroatoms. The number of fused-ring (bicyclic) bond motifs is 4. The molecule has 1 aromatic carbocycles. The van der Waals surface area contributed by atoms with Crippen LogP contribution in [0.2, 0.25) is 0 Å². The van der Waals surface area contributed by atoms with E-state index >= 15 is 0 Å². The number of nitrogens with zero attached hydrogens (tertiary/aromatic N) is 7. The number of hydrogen-bond donors (Lipinski definition) is 2. The van der Waals surface area contributed by atoms with Crippen LogP contribution in [0, 0.1) is 5.92 Å². The molecule has 11 nitrogen and oxygen atoms in total. The quantitative estimate of drug-likeness (QED) is 0.160. The highest BCUT2D eigenvalue weighted by atomic mass is 32.1. The number of azide groups is 1. The highest BCUT2D eigenvalue weighted by molar-refractivity contribution is 7.19. The first-order chi connectivity index (χ1) is 17.0. The molecule has 180 valence electrons. The maximum atomic E-state index is 12.5. The van der Waals surface area contributed by atoms with E-state index in [4.69, 9.17) is 10.3 Å². The second kappa shape index (κ2) is 9.77. The molecule has 1 aliphatic carbocycles. The molecular formula is C23H25N9O2S. The summed E-state index contributed by atoms with van der Waals surface area (Å²) >= 11 is 1.64. The number of carbonyl (C=O) groups is 1. The minimum Gasteiger partial charge on any atom is -0.491 e. The first-order valence-corrected chi connectivity index (χ1v) is 12.2. The van der Waals surface area contributed by atoms with Crippen molar-refractivity contribution in [1.29, 1.82) is 0 Å². The highest BCUT2D eigenvalue weighted by Crippen LogP contribution is 2.41. The first kappa shape index (κ1) is 22.9. The van der Waals surface area contributed by atoms with Crippen LogP contribution in [0.4, 0.5) is 11.5 Å². The molecule has 1 aliphatic rings. The molecule has 35 heavy (non-hydrogen) atoms. The normalized spacial score (nSPS) is 15.0. The monoisotopic (exact) mass is 491 g/mol. The van der Waals surface area contributed by atoms with E-state index in [1.807, 2.05) is 26.2 Å². The van der Waals surface area contributed by atoms with Crippen molar-refractivity contribution < 1.29 is 9.53 Å². The van der Waals surface area contributed by atoms with Gasteiger partial charge in [-0.2, -0.15) is 5.10 Å². The Morgan fingerprint density at radius 3 is 3.11 bits per heavy atom. The second-order valence-electron chi connectivity index (χ2n) is 8.67. The number of rotatable bonds is 8. The third-order valence-corrected chi connectivity index (χ3v) is 7.31. The largest absolute Gasteiger partial charge is 0.491 e. The summed E-state index contributed by atoms with van der Waals surface area (Å²) in [4.78, 5) is 28.2. The van der Waals surface area contributed by atoms with E-state index in [0.717, 1.165) is 46.1 Å². The number of hydrogen-bond acceptors (Lipinski definition) is 8. The number of carbonyl (C=O) groups excluding carboxylic acids is 1. The Balaban J connectivity index is 1.47. The van der Waals surface area contributed by atoms with Gasteiger partial charge in [-0.05, 0) is 42.8 Å². The lowest BCUT2D eigenvalue weighted by Crippen LogP contribution is -2.32. The number of amides is 1. The maximum Gasteiger partial charge on any atom is 0.225 e. The van der Waals surface area contributed by atoms with E-state index < -0.39 is 0 Å². The topological polar surface area (TPSA) is 145 Å². The van der Waals surface area contributed by atoms with Crippen LogP contribution < -0.4 is 10.1 Å². The van der Waals surface area contributed by atoms with Gasteiger partial charge in [-0.1, -0.05) is 5.11 Å². The lowest BCUT2D eigenvalue weighted by Gasteiger charge is -2.24. The maximum absolute atomic E-state index is 12.5. The van der Waals surface area contributed by atoms with Crippen LogP contribution in [-0.4, -0.2) is 58.2 Å². The van der Waals surface area contributed by atoms with Crippen molar-refractivity contribution in [3.8, 4) is 5.75 Å². The molecule has 0 fully saturated rings. The predicted molar refractivity (Wildman–Crippen MR) is 135 cm³/mol. The average molecular weight is 492 g/mol. The number of thiophene rings is 1. The number of aromatic nitrogens is 4. The Bertz CT molecular complexity index is 1440. The van der Waals surface area contributed by atoms with Crippen molar-refractivity contribution in [3.63, 3.8) is 0 Å². The molecule has 1 atom stereocenters. The van der Waals surface area contributed by atoms with Crippen LogP contribution in [0.15, 0.2) is 29.8 Å². The molecular weight excluding hydrogens is 466 g/mol. The van der Waals surface area contributed by atoms with Gasteiger partial charge in [0.25, 0.3) is 0 Å². The van der Waals surface area contributed by atoms with Gasteiger partial charge in [0.15, 0.2) is 0 Å². The molecule has 3 heterocycles. The molecule has 5 rings (SSSR count). The van der Waals surface area contributed by atoms with Crippen molar-refractivity contribution in [2.75, 3.05) is 32.6 Å². The van der Waals surface area contributed by atoms with Gasteiger partial charge in [0.1, 0.15) is 22.7 Å². The van der Waals surface area contributed by atoms with Gasteiger partial charge in [0.2, 0.25) is 5.91 Å². The van der Waals surface area contributed by atoms with E-state index in [0.29, 0.717) is 31.1 Å². The van der Waals surface area contributed by atoms with Gasteiger partial charge in [-0.15, -0.1) is 11.3 Å². The summed E-state index contributed by atoms with van der Waals surface area (Å²) in [5.74, 6) is 1.54. The van der Waals surface area contributed by atoms with Gasteiger partial charge < -0.3 is 15.0 Å². The van der Waals surface area contributed by atoms with Crippen LogP contribution in [0.3, 0.4) is 0 Å². The summed E-state index contributed by atoms with van der Waals surface area (Å²) < 4.78 is 6.03. The number of anilines is 2. The van der Waals surface area contributed by atoms with Gasteiger partial charge in [-0.3, -0.25) is 9.89 Å². The van der Waals surface area contributed by atoms with Crippen molar-refractivity contribution in [3.05, 3.63) is 45.5 Å². The Morgan fingerprint density at radius 2 is 2.29 bits per heavy atom. The van der Waals surface area contributed by atoms with E-state index in [9.17, 15) is 4.79 Å². The molecule has 2 N–H and O–H groups in total. The molecule has 0 bridgehead atoms. The van der Waals surface area contributed by atoms with Crippen LogP contribution in [0.5, 0.6) is 5.75 Å². The number of aryl methyl sites for hydroxylation is 1. The average Bonchev–Trinajstić information content (AvgIpc) is 3.47. The van der Waals surface area contributed by atoms with Crippen LogP contribution in [0.25, 0.3) is 31.6 Å². The van der Waals surface area contributed by atoms with E-state index in [1.165, 1.54) is 10.4 Å². The number of benzene rings is 1. The zero-order valence-corrected chi connectivity index (χ0v) is 20.3. The van der Waals surface area contributed by atoms with Gasteiger partial charge >= 0.3 is 0 Å². The zero-order valence-electron chi connectivity index (χ0n) is 19.5. The Hall–Kier alpha value is -3.89. The molecule has 0 unspecified atom stereocenters. The Labute approximate surface area is 205 Å². The molecule has 0 saturated heterocycles. The van der Waals surface area contributed by atoms with Crippen molar-refractivity contribution in [2.24, 2.45) is 11.0 Å². The standard InChI is InChI=1S/C23H25N9O2S/c1-32(2)23(33)13-4-5-15-19(9-13)35-22-20(15)21(25-12-26-22)29-17-8-14-11-28-30-16(14)10-18(17)34-7-3-6-27-31-24/h8,10-13H,3-7,9H2,1-2H3,(H,28,30)(H,25,26,29)/t13-/m0/s1. The zero-order chi connectivity index (χ0) is 24.4. The van der Waals surface area contributed by atoms with E-state index in [-0.39, 0.29) is 11.8 Å². The predicted octanol–water partition coefficient (Wildman–Crippen LogP) is 4.58. The fraction of sp³-hybridized carbons (Fsp3) is 0.391. The summed E-state index contributed by atoms with van der Waals surface area (Å²) in [7, 11) is 3.62. The molecule has 0 aliphatic heterocycles. The molecule has 0 radical (unpaired) electrons. The summed E-state index contributed by atoms with van der Waals surface area (Å²) in [5.41, 5.74) is 11.3. The number of aromatic amines is 1. The molecule has 3 aromatic heterocycles. The summed E-state index contributed by atoms with van der Waals surface area (Å²) in [6, 6.07) is 3.87. The first-order valence-electron chi connectivity index (χ1n) is 11.4. The third-order valence-electron chi connectivity index (χ3n) is 6.15. The number of nitrogens with one attached hydrogen (secondary N) is 2. The lowest BCUT2D eigenvalue weighted by molar-refractivity contribution is -0.133. The highest BCUT2D eigenvalue weighted by Gasteiger charge is 2.30. The fourth-order valence-corrected chi connectivity index (χ4v) is 5.73. The minimum atomic E-state index is 0.00352. The molecule has 4 aromatic rings. The molecule has 1 amide bonds. The van der Waals surface area contributed by atoms with Gasteiger partial charge in [0.05, 0.1) is 29.4 Å². The van der Waals surface area contributed by atoms with Crippen LogP contribution >= 0.6 is 11.3 Å².